The van der Waals surface area contributed by atoms with Gasteiger partial charge in [0, 0.05) is 41.5 Å². The van der Waals surface area contributed by atoms with E-state index in [-0.39, 0.29) is 6.04 Å². The van der Waals surface area contributed by atoms with E-state index in [1.54, 1.807) is 6.20 Å². The van der Waals surface area contributed by atoms with Crippen LogP contribution in [0.1, 0.15) is 12.5 Å². The van der Waals surface area contributed by atoms with Crippen molar-refractivity contribution in [1.82, 2.24) is 25.1 Å². The topological polar surface area (TPSA) is 79.8 Å². The second-order valence-electron chi connectivity index (χ2n) is 8.55. The molecule has 33 heavy (non-hydrogen) atoms. The lowest BCUT2D eigenvalue weighted by Crippen LogP contribution is -2.44. The number of pyridine rings is 3. The number of nitrogens with one attached hydrogen (secondary N) is 1. The Balaban J connectivity index is 1.66. The Morgan fingerprint density at radius 3 is 2.85 bits per heavy atom. The standard InChI is InChI=1S/C26H24N6O/c1-16-13-28-25(22-7-8-29-31-22)26-24(16)20(12-23(30-26)32-9-10-33-15-17(32)2)19-11-18-5-3-4-6-21(18)27-14-19/h3-8,11-14,17H,9-10,15H2,1-2H3,(H,29,31). The quantitative estimate of drug-likeness (QED) is 0.439. The van der Waals surface area contributed by atoms with Gasteiger partial charge in [-0.25, -0.2) is 4.98 Å². The zero-order valence-corrected chi connectivity index (χ0v) is 18.6. The average molecular weight is 437 g/mol. The van der Waals surface area contributed by atoms with E-state index in [4.69, 9.17) is 19.7 Å². The highest BCUT2D eigenvalue weighted by atomic mass is 16.5. The van der Waals surface area contributed by atoms with Gasteiger partial charge in [0.25, 0.3) is 0 Å². The van der Waals surface area contributed by atoms with E-state index in [0.29, 0.717) is 13.2 Å². The normalized spacial score (nSPS) is 16.5. The molecule has 1 saturated heterocycles. The monoisotopic (exact) mass is 436 g/mol. The van der Waals surface area contributed by atoms with Crippen molar-refractivity contribution in [3.8, 4) is 22.5 Å². The summed E-state index contributed by atoms with van der Waals surface area (Å²) < 4.78 is 5.68. The average Bonchev–Trinajstić information content (AvgIpc) is 3.38. The molecule has 0 spiro atoms. The first-order valence-electron chi connectivity index (χ1n) is 11.2. The summed E-state index contributed by atoms with van der Waals surface area (Å²) in [5.41, 5.74) is 6.73. The second-order valence-corrected chi connectivity index (χ2v) is 8.55. The maximum atomic E-state index is 5.68. The van der Waals surface area contributed by atoms with Crippen molar-refractivity contribution in [2.75, 3.05) is 24.7 Å². The lowest BCUT2D eigenvalue weighted by molar-refractivity contribution is 0.0986. The van der Waals surface area contributed by atoms with Crippen LogP contribution in [0.4, 0.5) is 5.82 Å². The molecule has 0 bridgehead atoms. The summed E-state index contributed by atoms with van der Waals surface area (Å²) in [5, 5.41) is 9.39. The van der Waals surface area contributed by atoms with Gasteiger partial charge in [-0.1, -0.05) is 18.2 Å². The molecule has 0 radical (unpaired) electrons. The van der Waals surface area contributed by atoms with Gasteiger partial charge >= 0.3 is 0 Å². The minimum absolute atomic E-state index is 0.236. The Hall–Kier alpha value is -3.84. The Morgan fingerprint density at radius 1 is 1.09 bits per heavy atom. The largest absolute Gasteiger partial charge is 0.377 e. The lowest BCUT2D eigenvalue weighted by atomic mass is 9.97. The molecule has 1 unspecified atom stereocenters. The third-order valence-electron chi connectivity index (χ3n) is 6.33. The molecule has 4 aromatic heterocycles. The van der Waals surface area contributed by atoms with Gasteiger partial charge in [0.2, 0.25) is 0 Å². The molecule has 0 saturated carbocycles. The van der Waals surface area contributed by atoms with Crippen molar-refractivity contribution >= 4 is 27.6 Å². The number of para-hydroxylation sites is 1. The predicted octanol–water partition coefficient (Wildman–Crippen LogP) is 4.77. The molecule has 5 aromatic rings. The van der Waals surface area contributed by atoms with Crippen LogP contribution in [0.2, 0.25) is 0 Å². The molecule has 1 aliphatic heterocycles. The van der Waals surface area contributed by atoms with E-state index in [2.05, 4.69) is 47.1 Å². The smallest absolute Gasteiger partial charge is 0.130 e. The number of hydrogen-bond acceptors (Lipinski definition) is 6. The van der Waals surface area contributed by atoms with E-state index < -0.39 is 0 Å². The van der Waals surface area contributed by atoms with Crippen LogP contribution in [-0.4, -0.2) is 50.9 Å². The van der Waals surface area contributed by atoms with Crippen LogP contribution in [-0.2, 0) is 4.74 Å². The SMILES string of the molecule is Cc1cnc(-c2ccn[nH]2)c2nc(N3CCOCC3C)cc(-c3cnc4ccccc4c3)c12. The first-order chi connectivity index (χ1) is 16.2. The van der Waals surface area contributed by atoms with Crippen LogP contribution in [0.15, 0.2) is 61.1 Å². The number of aryl methyl sites for hydroxylation is 1. The Morgan fingerprint density at radius 2 is 2.00 bits per heavy atom. The minimum atomic E-state index is 0.236. The Labute approximate surface area is 191 Å². The molecule has 0 aliphatic carbocycles. The van der Waals surface area contributed by atoms with E-state index in [1.165, 1.54) is 0 Å². The van der Waals surface area contributed by atoms with Gasteiger partial charge in [0.15, 0.2) is 0 Å². The van der Waals surface area contributed by atoms with E-state index in [1.807, 2.05) is 36.7 Å². The van der Waals surface area contributed by atoms with E-state index in [9.17, 15) is 0 Å². The molecule has 5 heterocycles. The highest BCUT2D eigenvalue weighted by Gasteiger charge is 2.24. The molecular weight excluding hydrogens is 412 g/mol. The number of morpholine rings is 1. The third kappa shape index (κ3) is 3.41. The van der Waals surface area contributed by atoms with Gasteiger partial charge in [-0.05, 0) is 49.2 Å². The van der Waals surface area contributed by atoms with Gasteiger partial charge in [-0.3, -0.25) is 15.1 Å². The summed E-state index contributed by atoms with van der Waals surface area (Å²) >= 11 is 0. The maximum absolute atomic E-state index is 5.68. The summed E-state index contributed by atoms with van der Waals surface area (Å²) in [6.45, 7) is 6.44. The fourth-order valence-electron chi connectivity index (χ4n) is 4.63. The first kappa shape index (κ1) is 19.8. The maximum Gasteiger partial charge on any atom is 0.130 e. The number of nitrogens with zero attached hydrogens (tertiary/aromatic N) is 5. The molecule has 7 nitrogen and oxygen atoms in total. The molecule has 164 valence electrons. The van der Waals surface area contributed by atoms with Gasteiger partial charge in [0.05, 0.1) is 30.5 Å². The predicted molar refractivity (Wildman–Crippen MR) is 130 cm³/mol. The minimum Gasteiger partial charge on any atom is -0.377 e. The molecule has 1 atom stereocenters. The van der Waals surface area contributed by atoms with Crippen molar-refractivity contribution in [3.05, 3.63) is 66.6 Å². The summed E-state index contributed by atoms with van der Waals surface area (Å²) in [7, 11) is 0. The van der Waals surface area contributed by atoms with Crippen LogP contribution in [0.5, 0.6) is 0 Å². The number of rotatable bonds is 3. The van der Waals surface area contributed by atoms with Crippen molar-refractivity contribution in [2.45, 2.75) is 19.9 Å². The zero-order chi connectivity index (χ0) is 22.4. The van der Waals surface area contributed by atoms with Gasteiger partial charge in [-0.15, -0.1) is 0 Å². The Kier molecular flexibility index (Phi) is 4.77. The van der Waals surface area contributed by atoms with Gasteiger partial charge in [-0.2, -0.15) is 5.10 Å². The molecule has 1 aliphatic rings. The fourth-order valence-corrected chi connectivity index (χ4v) is 4.63. The molecule has 1 aromatic carbocycles. The Bertz CT molecular complexity index is 1460. The molecule has 1 fully saturated rings. The summed E-state index contributed by atoms with van der Waals surface area (Å²) in [6, 6.07) is 14.8. The highest BCUT2D eigenvalue weighted by molar-refractivity contribution is 6.04. The highest BCUT2D eigenvalue weighted by Crippen LogP contribution is 2.37. The summed E-state index contributed by atoms with van der Waals surface area (Å²) in [4.78, 5) is 17.0. The van der Waals surface area contributed by atoms with Gasteiger partial charge < -0.3 is 9.64 Å². The van der Waals surface area contributed by atoms with Crippen molar-refractivity contribution in [1.29, 1.82) is 0 Å². The zero-order valence-electron chi connectivity index (χ0n) is 18.6. The number of anilines is 1. The molecule has 7 heteroatoms. The molecule has 1 N–H and O–H groups in total. The van der Waals surface area contributed by atoms with E-state index >= 15 is 0 Å². The summed E-state index contributed by atoms with van der Waals surface area (Å²) in [6.07, 6.45) is 5.61. The lowest BCUT2D eigenvalue weighted by Gasteiger charge is -2.34. The van der Waals surface area contributed by atoms with Crippen molar-refractivity contribution < 1.29 is 4.74 Å². The first-order valence-corrected chi connectivity index (χ1v) is 11.2. The van der Waals surface area contributed by atoms with Crippen molar-refractivity contribution in [3.63, 3.8) is 0 Å². The van der Waals surface area contributed by atoms with Crippen LogP contribution in [0.3, 0.4) is 0 Å². The van der Waals surface area contributed by atoms with Crippen LogP contribution in [0, 0.1) is 6.92 Å². The number of hydrogen-bond donors (Lipinski definition) is 1. The third-order valence-corrected chi connectivity index (χ3v) is 6.33. The molecular formula is C26H24N6O. The number of aromatic nitrogens is 5. The number of aromatic amines is 1. The van der Waals surface area contributed by atoms with Crippen molar-refractivity contribution in [2.24, 2.45) is 0 Å². The fraction of sp³-hybridized carbons (Fsp3) is 0.231. The number of H-pyrrole nitrogens is 1. The number of benzene rings is 1. The number of fused-ring (bicyclic) bond motifs is 2. The molecule has 0 amide bonds. The van der Waals surface area contributed by atoms with Crippen LogP contribution in [0.25, 0.3) is 44.3 Å². The summed E-state index contributed by atoms with van der Waals surface area (Å²) in [5.74, 6) is 0.926. The molecule has 6 rings (SSSR count). The number of ether oxygens (including phenoxy) is 1. The van der Waals surface area contributed by atoms with Gasteiger partial charge in [0.1, 0.15) is 17.0 Å². The second kappa shape index (κ2) is 7.94. The van der Waals surface area contributed by atoms with Crippen LogP contribution >= 0.6 is 0 Å². The van der Waals surface area contributed by atoms with Crippen LogP contribution < -0.4 is 4.90 Å². The van der Waals surface area contributed by atoms with E-state index in [0.717, 1.165) is 62.2 Å².